The Kier molecular flexibility index (Phi) is 8.53. The lowest BCUT2D eigenvalue weighted by Crippen LogP contribution is -2.17. The third-order valence-corrected chi connectivity index (χ3v) is 13.9. The van der Waals surface area contributed by atoms with E-state index < -0.39 is 0 Å². The predicted molar refractivity (Wildman–Crippen MR) is 247 cm³/mol. The summed E-state index contributed by atoms with van der Waals surface area (Å²) < 4.78 is 2.48. The molecule has 1 heterocycles. The van der Waals surface area contributed by atoms with Crippen molar-refractivity contribution < 1.29 is 0 Å². The number of fused-ring (bicyclic) bond motifs is 9. The van der Waals surface area contributed by atoms with E-state index in [4.69, 9.17) is 0 Å². The first-order valence-corrected chi connectivity index (χ1v) is 22.7. The second-order valence-corrected chi connectivity index (χ2v) is 17.4. The second kappa shape index (κ2) is 13.6. The molecule has 0 bridgehead atoms. The molecule has 0 saturated carbocycles. The molecule has 8 aromatic carbocycles. The summed E-state index contributed by atoms with van der Waals surface area (Å²) in [5.74, 6) is 0. The Labute approximate surface area is 339 Å². The minimum absolute atomic E-state index is 0.238. The number of hydrogen-bond donors (Lipinski definition) is 0. The fourth-order valence-electron chi connectivity index (χ4n) is 9.17. The van der Waals surface area contributed by atoms with E-state index in [1.54, 1.807) is 8.93 Å². The van der Waals surface area contributed by atoms with Crippen molar-refractivity contribution in [1.82, 2.24) is 4.57 Å². The van der Waals surface area contributed by atoms with Crippen molar-refractivity contribution >= 4 is 90.6 Å². The fraction of sp³-hybridized carbons (Fsp3) is 0.137. The summed E-state index contributed by atoms with van der Waals surface area (Å²) in [5, 5.41) is 7.65. The largest absolute Gasteiger partial charge is 0.309 e. The van der Waals surface area contributed by atoms with Crippen LogP contribution in [0.3, 0.4) is 0 Å². The zero-order chi connectivity index (χ0) is 37.3. The third-order valence-electron chi connectivity index (χ3n) is 11.9. The van der Waals surface area contributed by atoms with Crippen molar-refractivity contribution in [3.63, 3.8) is 0 Å². The van der Waals surface area contributed by atoms with Crippen LogP contribution in [0.5, 0.6) is 0 Å². The molecule has 4 heteroatoms. The van der Waals surface area contributed by atoms with Gasteiger partial charge >= 0.3 is 0 Å². The minimum atomic E-state index is -0.238. The molecule has 1 aromatic heterocycles. The van der Waals surface area contributed by atoms with Crippen LogP contribution in [0.1, 0.15) is 50.3 Å². The van der Waals surface area contributed by atoms with Gasteiger partial charge in [0.2, 0.25) is 0 Å². The lowest BCUT2D eigenvalue weighted by molar-refractivity contribution is 0.660. The van der Waals surface area contributed by atoms with Crippen LogP contribution in [0, 0.1) is 0 Å². The summed E-state index contributed by atoms with van der Waals surface area (Å²) in [6.07, 6.45) is 3.54. The lowest BCUT2D eigenvalue weighted by Gasteiger charge is -2.30. The number of nitrogens with zero attached hydrogens (tertiary/aromatic N) is 2. The fourth-order valence-corrected chi connectivity index (χ4v) is 10.3. The van der Waals surface area contributed by atoms with Crippen molar-refractivity contribution in [2.24, 2.45) is 0 Å². The molecule has 0 N–H and O–H groups in total. The van der Waals surface area contributed by atoms with Crippen LogP contribution >= 0.6 is 30.1 Å². The molecule has 0 amide bonds. The van der Waals surface area contributed by atoms with E-state index in [2.05, 4.69) is 209 Å². The van der Waals surface area contributed by atoms with Crippen LogP contribution in [-0.2, 0) is 11.8 Å². The van der Waals surface area contributed by atoms with Gasteiger partial charge in [-0.3, -0.25) is 0 Å². The molecule has 1 aliphatic carbocycles. The number of aryl methyl sites for hydroxylation is 1. The van der Waals surface area contributed by atoms with Crippen molar-refractivity contribution in [1.29, 1.82) is 0 Å². The molecule has 2 nitrogen and oxygen atoms in total. The van der Waals surface area contributed by atoms with Gasteiger partial charge in [0, 0.05) is 64.4 Å². The zero-order valence-electron chi connectivity index (χ0n) is 31.3. The van der Waals surface area contributed by atoms with E-state index in [-0.39, 0.29) is 5.41 Å². The third kappa shape index (κ3) is 5.51. The molecule has 0 saturated heterocycles. The first-order chi connectivity index (χ1) is 27.0. The van der Waals surface area contributed by atoms with Crippen LogP contribution < -0.4 is 4.90 Å². The monoisotopic (exact) mass is 840 g/mol. The Balaban J connectivity index is 1.19. The number of anilines is 3. The molecule has 0 radical (unpaired) electrons. The Bertz CT molecular complexity index is 2930. The van der Waals surface area contributed by atoms with Crippen LogP contribution in [0.2, 0.25) is 0 Å². The van der Waals surface area contributed by atoms with Crippen LogP contribution in [-0.4, -0.2) is 4.57 Å². The molecule has 10 rings (SSSR count). The number of aromatic nitrogens is 1. The van der Waals surface area contributed by atoms with Gasteiger partial charge in [-0.25, -0.2) is 0 Å². The van der Waals surface area contributed by atoms with Gasteiger partial charge in [0.15, 0.2) is 0 Å². The maximum atomic E-state index is 2.50. The Morgan fingerprint density at radius 1 is 0.600 bits per heavy atom. The lowest BCUT2D eigenvalue weighted by atomic mass is 9.81. The summed E-state index contributed by atoms with van der Waals surface area (Å²) in [4.78, 5) is 3.73. The van der Waals surface area contributed by atoms with Gasteiger partial charge in [-0.1, -0.05) is 127 Å². The highest BCUT2D eigenvalue weighted by atomic mass is 127. The Hall–Kier alpha value is -5.04. The van der Waals surface area contributed by atoms with Crippen molar-refractivity contribution in [3.05, 3.63) is 174 Å². The summed E-state index contributed by atoms with van der Waals surface area (Å²) >= 11 is 2.37. The summed E-state index contributed by atoms with van der Waals surface area (Å²) in [6, 6.07) is 59.2. The maximum absolute atomic E-state index is 2.50. The second-order valence-electron chi connectivity index (χ2n) is 15.4. The number of hydrogen-bond acceptors (Lipinski definition) is 2. The summed E-state index contributed by atoms with van der Waals surface area (Å²) in [5.41, 5.74) is 13.8. The van der Waals surface area contributed by atoms with Gasteiger partial charge in [0.05, 0.1) is 22.4 Å². The van der Waals surface area contributed by atoms with E-state index in [9.17, 15) is 0 Å². The van der Waals surface area contributed by atoms with Gasteiger partial charge in [0.25, 0.3) is 0 Å². The van der Waals surface area contributed by atoms with Crippen LogP contribution in [0.25, 0.3) is 60.2 Å². The summed E-state index contributed by atoms with van der Waals surface area (Å²) in [6.45, 7) is 7.11. The molecule has 0 spiro atoms. The number of unbranched alkanes of at least 4 members (excludes halogenated alkanes) is 1. The Morgan fingerprint density at radius 3 is 2.11 bits per heavy atom. The molecule has 0 unspecified atom stereocenters. The maximum Gasteiger partial charge on any atom is 0.0543 e. The number of para-hydroxylation sites is 1. The van der Waals surface area contributed by atoms with E-state index in [1.165, 1.54) is 106 Å². The SMILES string of the molecule is CCCCc1ccc2c(c1)c1ccccc1n2-c1ccc2c(c1)C(C)(C)c1cc(N(c3ccc(SI)cc3)c3cccc4ccccc34)c3ccccc3c1-2. The standard InChI is InChI=1S/C51H41IN2S/c1-4-5-13-33-22-29-48-43(30-33)40-18-10-11-20-47(40)54(48)36-25-28-42-44(31-36)51(2,3)45-32-49(39-17-8-9-19-41(39)50(42)45)53(35-23-26-37(55-52)27-24-35)46-21-12-15-34-14-6-7-16-38(34)46/h6-12,14-32H,4-5,13H2,1-3H3. The predicted octanol–water partition coefficient (Wildman–Crippen LogP) is 15.7. The van der Waals surface area contributed by atoms with E-state index in [1.807, 2.05) is 0 Å². The highest BCUT2D eigenvalue weighted by Crippen LogP contribution is 2.55. The first-order valence-electron chi connectivity index (χ1n) is 19.4. The zero-order valence-corrected chi connectivity index (χ0v) is 34.3. The van der Waals surface area contributed by atoms with E-state index in [0.29, 0.717) is 0 Å². The Morgan fingerprint density at radius 2 is 1.31 bits per heavy atom. The van der Waals surface area contributed by atoms with Gasteiger partial charge < -0.3 is 9.47 Å². The topological polar surface area (TPSA) is 8.17 Å². The molecule has 9 aromatic rings. The summed E-state index contributed by atoms with van der Waals surface area (Å²) in [7, 11) is 1.75. The first kappa shape index (κ1) is 34.5. The van der Waals surface area contributed by atoms with Crippen molar-refractivity contribution in [2.75, 3.05) is 4.90 Å². The normalized spacial score (nSPS) is 13.2. The number of benzene rings is 8. The van der Waals surface area contributed by atoms with Crippen LogP contribution in [0.4, 0.5) is 17.1 Å². The van der Waals surface area contributed by atoms with Crippen molar-refractivity contribution in [2.45, 2.75) is 50.3 Å². The molecule has 1 aliphatic rings. The molecule has 268 valence electrons. The van der Waals surface area contributed by atoms with E-state index >= 15 is 0 Å². The number of rotatable bonds is 8. The van der Waals surface area contributed by atoms with E-state index in [0.717, 1.165) is 12.1 Å². The van der Waals surface area contributed by atoms with Gasteiger partial charge in [-0.15, -0.1) is 0 Å². The average Bonchev–Trinajstić information content (AvgIpc) is 3.68. The van der Waals surface area contributed by atoms with Crippen molar-refractivity contribution in [3.8, 4) is 16.8 Å². The number of halogens is 1. The average molecular weight is 841 g/mol. The highest BCUT2D eigenvalue weighted by Gasteiger charge is 2.38. The van der Waals surface area contributed by atoms with Gasteiger partial charge in [-0.2, -0.15) is 0 Å². The minimum Gasteiger partial charge on any atom is -0.309 e. The van der Waals surface area contributed by atoms with Crippen LogP contribution in [0.15, 0.2) is 163 Å². The molecular formula is C51H41IN2S. The smallest absolute Gasteiger partial charge is 0.0543 e. The molecule has 0 fully saturated rings. The molecule has 0 atom stereocenters. The van der Waals surface area contributed by atoms with Gasteiger partial charge in [-0.05, 0) is 118 Å². The highest BCUT2D eigenvalue weighted by molar-refractivity contribution is 14.2. The quantitative estimate of drug-likeness (QED) is 0.141. The molecule has 55 heavy (non-hydrogen) atoms. The molecule has 0 aliphatic heterocycles. The molecular weight excluding hydrogens is 800 g/mol. The van der Waals surface area contributed by atoms with Gasteiger partial charge in [0.1, 0.15) is 0 Å².